The van der Waals surface area contributed by atoms with Crippen molar-refractivity contribution >= 4 is 13.5 Å². The molecule has 6 heteroatoms. The van der Waals surface area contributed by atoms with Crippen molar-refractivity contribution in [2.24, 2.45) is 0 Å². The maximum atomic E-state index is 12.8. The number of hydrogen-bond donors (Lipinski definition) is 0. The van der Waals surface area contributed by atoms with E-state index in [4.69, 9.17) is 9.05 Å². The Balaban J connectivity index is 2.88. The Morgan fingerprint density at radius 2 is 1.81 bits per heavy atom. The summed E-state index contributed by atoms with van der Waals surface area (Å²) in [5.74, 6) is -0.00565. The summed E-state index contributed by atoms with van der Waals surface area (Å²) in [6.45, 7) is 9.44. The minimum absolute atomic E-state index is 0.00565. The lowest BCUT2D eigenvalue weighted by Crippen LogP contribution is -2.33. The average molecular weight is 315 g/mol. The number of likely N-dealkylation sites (N-methyl/N-ethyl adjacent to an activating group) is 1. The highest BCUT2D eigenvalue weighted by Crippen LogP contribution is 2.56. The van der Waals surface area contributed by atoms with Crippen LogP contribution in [0, 0.1) is 0 Å². The molecule has 0 N–H and O–H groups in total. The average Bonchev–Trinajstić information content (AvgIpc) is 2.49. The molecule has 0 saturated heterocycles. The number of amides is 1. The van der Waals surface area contributed by atoms with Crippen LogP contribution in [0.3, 0.4) is 0 Å². The van der Waals surface area contributed by atoms with Gasteiger partial charge in [0.15, 0.2) is 0 Å². The molecule has 1 rings (SSSR count). The van der Waals surface area contributed by atoms with Crippen LogP contribution in [0.4, 0.5) is 0 Å². The summed E-state index contributed by atoms with van der Waals surface area (Å²) in [6.07, 6.45) is 5.77. The molecule has 0 aromatic carbocycles. The lowest BCUT2D eigenvalue weighted by Gasteiger charge is -2.28. The zero-order valence-corrected chi connectivity index (χ0v) is 14.3. The molecule has 120 valence electrons. The SMILES string of the molecule is CCOP(=O)(OCC)C1C=CC=C(C(=O)N(CC)CC)C1. The number of allylic oxidation sites excluding steroid dienone is 3. The van der Waals surface area contributed by atoms with E-state index in [0.717, 1.165) is 0 Å². The third-order valence-electron chi connectivity index (χ3n) is 3.41. The van der Waals surface area contributed by atoms with E-state index < -0.39 is 13.3 Å². The molecule has 0 aromatic heterocycles. The Labute approximate surface area is 127 Å². The molecular weight excluding hydrogens is 289 g/mol. The van der Waals surface area contributed by atoms with E-state index >= 15 is 0 Å². The first-order chi connectivity index (χ1) is 10.0. The second-order valence-corrected chi connectivity index (χ2v) is 6.96. The normalized spacial score (nSPS) is 18.5. The quantitative estimate of drug-likeness (QED) is 0.644. The number of rotatable bonds is 8. The van der Waals surface area contributed by atoms with Crippen molar-refractivity contribution < 1.29 is 18.4 Å². The molecule has 0 radical (unpaired) electrons. The minimum atomic E-state index is -3.22. The third-order valence-corrected chi connectivity index (χ3v) is 5.81. The largest absolute Gasteiger partial charge is 0.339 e. The second kappa shape index (κ2) is 8.52. The molecule has 1 unspecified atom stereocenters. The van der Waals surface area contributed by atoms with Crippen LogP contribution in [0.15, 0.2) is 23.8 Å². The first-order valence-corrected chi connectivity index (χ1v) is 9.18. The van der Waals surface area contributed by atoms with E-state index in [1.165, 1.54) is 0 Å². The Kier molecular flexibility index (Phi) is 7.36. The highest BCUT2D eigenvalue weighted by Gasteiger charge is 2.36. The van der Waals surface area contributed by atoms with Gasteiger partial charge in [0.25, 0.3) is 0 Å². The summed E-state index contributed by atoms with van der Waals surface area (Å²) < 4.78 is 23.6. The summed E-state index contributed by atoms with van der Waals surface area (Å²) in [5, 5.41) is 0. The molecule has 0 spiro atoms. The molecule has 0 fully saturated rings. The van der Waals surface area contributed by atoms with E-state index in [1.54, 1.807) is 30.9 Å². The predicted octanol–water partition coefficient (Wildman–Crippen LogP) is 3.38. The topological polar surface area (TPSA) is 55.8 Å². The van der Waals surface area contributed by atoms with E-state index in [-0.39, 0.29) is 5.91 Å². The van der Waals surface area contributed by atoms with Gasteiger partial charge in [0.05, 0.1) is 18.9 Å². The molecule has 1 amide bonds. The predicted molar refractivity (Wildman–Crippen MR) is 84.4 cm³/mol. The molecule has 1 atom stereocenters. The van der Waals surface area contributed by atoms with Crippen LogP contribution >= 0.6 is 7.60 Å². The fraction of sp³-hybridized carbons (Fsp3) is 0.667. The van der Waals surface area contributed by atoms with E-state index in [2.05, 4.69) is 0 Å². The third kappa shape index (κ3) is 4.53. The van der Waals surface area contributed by atoms with Crippen molar-refractivity contribution in [3.63, 3.8) is 0 Å². The smallest absolute Gasteiger partial charge is 0.337 e. The summed E-state index contributed by atoms with van der Waals surface area (Å²) in [5.41, 5.74) is 0.266. The molecule has 0 aliphatic heterocycles. The Hall–Kier alpha value is -0.900. The fourth-order valence-electron chi connectivity index (χ4n) is 2.34. The fourth-order valence-corrected chi connectivity index (χ4v) is 4.25. The van der Waals surface area contributed by atoms with Gasteiger partial charge in [0.1, 0.15) is 0 Å². The lowest BCUT2D eigenvalue weighted by molar-refractivity contribution is -0.126. The number of nitrogens with zero attached hydrogens (tertiary/aromatic N) is 1. The van der Waals surface area contributed by atoms with Gasteiger partial charge in [-0.3, -0.25) is 9.36 Å². The molecule has 0 heterocycles. The zero-order chi connectivity index (χ0) is 15.9. The summed E-state index contributed by atoms with van der Waals surface area (Å²) >= 11 is 0. The lowest BCUT2D eigenvalue weighted by atomic mass is 10.0. The van der Waals surface area contributed by atoms with Gasteiger partial charge >= 0.3 is 7.60 Å². The zero-order valence-electron chi connectivity index (χ0n) is 13.4. The first-order valence-electron chi connectivity index (χ1n) is 7.57. The van der Waals surface area contributed by atoms with Gasteiger partial charge in [-0.05, 0) is 34.1 Å². The molecule has 21 heavy (non-hydrogen) atoms. The van der Waals surface area contributed by atoms with Gasteiger partial charge in [-0.2, -0.15) is 0 Å². The van der Waals surface area contributed by atoms with Crippen LogP contribution < -0.4 is 0 Å². The van der Waals surface area contributed by atoms with E-state index in [0.29, 0.717) is 38.3 Å². The maximum Gasteiger partial charge on any atom is 0.337 e. The van der Waals surface area contributed by atoms with Gasteiger partial charge < -0.3 is 13.9 Å². The highest BCUT2D eigenvalue weighted by molar-refractivity contribution is 7.54. The van der Waals surface area contributed by atoms with Crippen molar-refractivity contribution in [1.29, 1.82) is 0 Å². The Morgan fingerprint density at radius 1 is 1.24 bits per heavy atom. The van der Waals surface area contributed by atoms with Gasteiger partial charge in [-0.15, -0.1) is 0 Å². The van der Waals surface area contributed by atoms with Gasteiger partial charge in [0.2, 0.25) is 5.91 Å². The molecular formula is C15H26NO4P. The highest BCUT2D eigenvalue weighted by atomic mass is 31.2. The standard InChI is InChI=1S/C15H26NO4P/c1-5-16(6-2)15(17)13-10-9-11-14(12-13)21(18,19-7-3)20-8-4/h9-11,14H,5-8,12H2,1-4H3. The van der Waals surface area contributed by atoms with Crippen molar-refractivity contribution in [2.75, 3.05) is 26.3 Å². The molecule has 1 aliphatic rings. The maximum absolute atomic E-state index is 12.8. The van der Waals surface area contributed by atoms with Gasteiger partial charge in [0, 0.05) is 18.7 Å². The van der Waals surface area contributed by atoms with Gasteiger partial charge in [-0.25, -0.2) is 0 Å². The van der Waals surface area contributed by atoms with Crippen LogP contribution in [-0.2, 0) is 18.4 Å². The van der Waals surface area contributed by atoms with E-state index in [9.17, 15) is 9.36 Å². The monoisotopic (exact) mass is 315 g/mol. The summed E-state index contributed by atoms with van der Waals surface area (Å²) in [6, 6.07) is 0. The molecule has 0 bridgehead atoms. The van der Waals surface area contributed by atoms with Crippen molar-refractivity contribution in [1.82, 2.24) is 4.90 Å². The second-order valence-electron chi connectivity index (χ2n) is 4.70. The molecule has 5 nitrogen and oxygen atoms in total. The molecule has 0 saturated carbocycles. The van der Waals surface area contributed by atoms with Crippen LogP contribution in [-0.4, -0.2) is 42.8 Å². The number of carbonyl (C=O) groups is 1. The van der Waals surface area contributed by atoms with Gasteiger partial charge in [-0.1, -0.05) is 18.2 Å². The van der Waals surface area contributed by atoms with Crippen LogP contribution in [0.5, 0.6) is 0 Å². The van der Waals surface area contributed by atoms with Crippen LogP contribution in [0.2, 0.25) is 0 Å². The molecule has 1 aliphatic carbocycles. The molecule has 0 aromatic rings. The Morgan fingerprint density at radius 3 is 2.29 bits per heavy atom. The summed E-state index contributed by atoms with van der Waals surface area (Å²) in [4.78, 5) is 14.2. The number of carbonyl (C=O) groups excluding carboxylic acids is 1. The van der Waals surface area contributed by atoms with Crippen LogP contribution in [0.1, 0.15) is 34.1 Å². The number of hydrogen-bond acceptors (Lipinski definition) is 4. The first kappa shape index (κ1) is 18.1. The Bertz CT molecular complexity index is 445. The van der Waals surface area contributed by atoms with Crippen molar-refractivity contribution in [3.05, 3.63) is 23.8 Å². The minimum Gasteiger partial charge on any atom is -0.339 e. The van der Waals surface area contributed by atoms with Crippen LogP contribution in [0.25, 0.3) is 0 Å². The van der Waals surface area contributed by atoms with Crippen molar-refractivity contribution in [2.45, 2.75) is 39.8 Å². The van der Waals surface area contributed by atoms with E-state index in [1.807, 2.05) is 19.9 Å². The summed E-state index contributed by atoms with van der Waals surface area (Å²) in [7, 11) is -3.22. The van der Waals surface area contributed by atoms with Crippen molar-refractivity contribution in [3.8, 4) is 0 Å².